The van der Waals surface area contributed by atoms with Crippen molar-refractivity contribution in [3.8, 4) is 5.75 Å². The third-order valence-electron chi connectivity index (χ3n) is 3.92. The zero-order chi connectivity index (χ0) is 19.1. The van der Waals surface area contributed by atoms with E-state index in [9.17, 15) is 9.59 Å². The lowest BCUT2D eigenvalue weighted by molar-refractivity contribution is -0.118. The highest BCUT2D eigenvalue weighted by atomic mass is 16.5. The van der Waals surface area contributed by atoms with Crippen molar-refractivity contribution in [2.24, 2.45) is 0 Å². The van der Waals surface area contributed by atoms with Crippen molar-refractivity contribution in [3.05, 3.63) is 59.2 Å². The number of rotatable bonds is 7. The summed E-state index contributed by atoms with van der Waals surface area (Å²) in [5.41, 5.74) is 3.20. The smallest absolute Gasteiger partial charge is 0.338 e. The average Bonchev–Trinajstić information content (AvgIpc) is 2.61. The number of nitrogens with one attached hydrogen (secondary N) is 1. The Morgan fingerprint density at radius 1 is 1.08 bits per heavy atom. The minimum atomic E-state index is -0.380. The molecule has 0 unspecified atom stereocenters. The number of hydrogen-bond acceptors (Lipinski definition) is 4. The van der Waals surface area contributed by atoms with Crippen LogP contribution in [0.4, 0.5) is 5.69 Å². The normalized spacial score (nSPS) is 10.5. The standard InChI is InChI=1S/C21H25NO4/c1-5-25-21(24)16-8-10-18(11-9-16)22-20(23)13-26-19-12-17(14(2)3)7-6-15(19)4/h6-12,14H,5,13H2,1-4H3,(H,22,23). The molecule has 0 aliphatic heterocycles. The van der Waals surface area contributed by atoms with Gasteiger partial charge in [0.1, 0.15) is 5.75 Å². The molecule has 0 bridgehead atoms. The summed E-state index contributed by atoms with van der Waals surface area (Å²) >= 11 is 0. The van der Waals surface area contributed by atoms with Gasteiger partial charge in [-0.05, 0) is 61.2 Å². The third-order valence-corrected chi connectivity index (χ3v) is 3.92. The molecular formula is C21H25NO4. The van der Waals surface area contributed by atoms with Crippen LogP contribution in [0, 0.1) is 6.92 Å². The zero-order valence-corrected chi connectivity index (χ0v) is 15.7. The lowest BCUT2D eigenvalue weighted by atomic mass is 10.0. The van der Waals surface area contributed by atoms with Gasteiger partial charge in [-0.3, -0.25) is 4.79 Å². The predicted octanol–water partition coefficient (Wildman–Crippen LogP) is 4.31. The van der Waals surface area contributed by atoms with E-state index in [1.165, 1.54) is 5.56 Å². The maximum atomic E-state index is 12.1. The van der Waals surface area contributed by atoms with Crippen molar-refractivity contribution in [2.45, 2.75) is 33.6 Å². The Hall–Kier alpha value is -2.82. The van der Waals surface area contributed by atoms with Crippen LogP contribution in [0.5, 0.6) is 5.75 Å². The molecule has 0 spiro atoms. The molecule has 0 saturated heterocycles. The monoisotopic (exact) mass is 355 g/mol. The second-order valence-corrected chi connectivity index (χ2v) is 6.31. The molecular weight excluding hydrogens is 330 g/mol. The topological polar surface area (TPSA) is 64.6 Å². The Bertz CT molecular complexity index is 766. The van der Waals surface area contributed by atoms with Gasteiger partial charge in [0.05, 0.1) is 12.2 Å². The molecule has 0 radical (unpaired) electrons. The molecule has 0 aromatic heterocycles. The van der Waals surface area contributed by atoms with Gasteiger partial charge < -0.3 is 14.8 Å². The minimum absolute atomic E-state index is 0.0813. The number of anilines is 1. The largest absolute Gasteiger partial charge is 0.483 e. The molecule has 138 valence electrons. The van der Waals surface area contributed by atoms with Crippen molar-refractivity contribution in [1.82, 2.24) is 0 Å². The Morgan fingerprint density at radius 3 is 2.38 bits per heavy atom. The molecule has 0 fully saturated rings. The van der Waals surface area contributed by atoms with Gasteiger partial charge >= 0.3 is 5.97 Å². The second-order valence-electron chi connectivity index (χ2n) is 6.31. The fourth-order valence-electron chi connectivity index (χ4n) is 2.38. The predicted molar refractivity (Wildman–Crippen MR) is 102 cm³/mol. The summed E-state index contributed by atoms with van der Waals surface area (Å²) in [6.07, 6.45) is 0. The number of esters is 1. The van der Waals surface area contributed by atoms with Crippen molar-refractivity contribution in [2.75, 3.05) is 18.5 Å². The molecule has 0 aliphatic carbocycles. The van der Waals surface area contributed by atoms with E-state index in [2.05, 4.69) is 25.2 Å². The van der Waals surface area contributed by atoms with E-state index in [0.29, 0.717) is 29.5 Å². The first-order valence-electron chi connectivity index (χ1n) is 8.71. The van der Waals surface area contributed by atoms with Crippen LogP contribution in [0.25, 0.3) is 0 Å². The quantitative estimate of drug-likeness (QED) is 0.752. The Kier molecular flexibility index (Phi) is 6.78. The number of carbonyl (C=O) groups is 2. The summed E-state index contributed by atoms with van der Waals surface area (Å²) in [5, 5.41) is 2.75. The maximum absolute atomic E-state index is 12.1. The van der Waals surface area contributed by atoms with Crippen LogP contribution < -0.4 is 10.1 Å². The number of ether oxygens (including phenoxy) is 2. The highest BCUT2D eigenvalue weighted by molar-refractivity contribution is 5.93. The zero-order valence-electron chi connectivity index (χ0n) is 15.7. The Labute approximate surface area is 154 Å². The maximum Gasteiger partial charge on any atom is 0.338 e. The van der Waals surface area contributed by atoms with Crippen LogP contribution in [0.15, 0.2) is 42.5 Å². The van der Waals surface area contributed by atoms with Gasteiger partial charge in [-0.1, -0.05) is 26.0 Å². The second kappa shape index (κ2) is 9.04. The van der Waals surface area contributed by atoms with Crippen LogP contribution >= 0.6 is 0 Å². The van der Waals surface area contributed by atoms with Gasteiger partial charge in [0, 0.05) is 5.69 Å². The molecule has 2 rings (SSSR count). The van der Waals surface area contributed by atoms with Gasteiger partial charge in [0.2, 0.25) is 0 Å². The first-order valence-corrected chi connectivity index (χ1v) is 8.71. The lowest BCUT2D eigenvalue weighted by Gasteiger charge is -2.13. The summed E-state index contributed by atoms with van der Waals surface area (Å²) < 4.78 is 10.6. The molecule has 0 saturated carbocycles. The highest BCUT2D eigenvalue weighted by Gasteiger charge is 2.09. The average molecular weight is 355 g/mol. The number of aryl methyl sites for hydroxylation is 1. The van der Waals surface area contributed by atoms with E-state index in [1.54, 1.807) is 31.2 Å². The van der Waals surface area contributed by atoms with Crippen LogP contribution in [0.3, 0.4) is 0 Å². The van der Waals surface area contributed by atoms with Crippen LogP contribution in [-0.4, -0.2) is 25.1 Å². The molecule has 1 N–H and O–H groups in total. The van der Waals surface area contributed by atoms with E-state index in [4.69, 9.17) is 9.47 Å². The van der Waals surface area contributed by atoms with Crippen LogP contribution in [0.2, 0.25) is 0 Å². The molecule has 2 aromatic carbocycles. The van der Waals surface area contributed by atoms with Crippen molar-refractivity contribution in [3.63, 3.8) is 0 Å². The number of carbonyl (C=O) groups excluding carboxylic acids is 2. The molecule has 5 heteroatoms. The van der Waals surface area contributed by atoms with E-state index in [-0.39, 0.29) is 18.5 Å². The molecule has 0 atom stereocenters. The summed E-state index contributed by atoms with van der Waals surface area (Å²) in [6, 6.07) is 12.6. The number of benzene rings is 2. The molecule has 1 amide bonds. The SMILES string of the molecule is CCOC(=O)c1ccc(NC(=O)COc2cc(C(C)C)ccc2C)cc1. The van der Waals surface area contributed by atoms with Gasteiger partial charge in [-0.25, -0.2) is 4.79 Å². The Morgan fingerprint density at radius 2 is 1.77 bits per heavy atom. The van der Waals surface area contributed by atoms with Gasteiger partial charge in [-0.15, -0.1) is 0 Å². The first kappa shape index (κ1) is 19.5. The highest BCUT2D eigenvalue weighted by Crippen LogP contribution is 2.24. The fourth-order valence-corrected chi connectivity index (χ4v) is 2.38. The summed E-state index contributed by atoms with van der Waals surface area (Å²) in [5.74, 6) is 0.464. The van der Waals surface area contributed by atoms with Crippen molar-refractivity contribution >= 4 is 17.6 Å². The molecule has 2 aromatic rings. The van der Waals surface area contributed by atoms with Gasteiger partial charge in [0.15, 0.2) is 6.61 Å². The molecule has 5 nitrogen and oxygen atoms in total. The van der Waals surface area contributed by atoms with Crippen LogP contribution in [-0.2, 0) is 9.53 Å². The van der Waals surface area contributed by atoms with Gasteiger partial charge in [-0.2, -0.15) is 0 Å². The molecule has 26 heavy (non-hydrogen) atoms. The lowest BCUT2D eigenvalue weighted by Crippen LogP contribution is -2.20. The van der Waals surface area contributed by atoms with Crippen molar-refractivity contribution < 1.29 is 19.1 Å². The first-order chi connectivity index (χ1) is 12.4. The number of amides is 1. The fraction of sp³-hybridized carbons (Fsp3) is 0.333. The van der Waals surface area contributed by atoms with E-state index < -0.39 is 0 Å². The summed E-state index contributed by atoms with van der Waals surface area (Å²) in [4.78, 5) is 23.7. The van der Waals surface area contributed by atoms with Gasteiger partial charge in [0.25, 0.3) is 5.91 Å². The Balaban J connectivity index is 1.93. The minimum Gasteiger partial charge on any atom is -0.483 e. The van der Waals surface area contributed by atoms with E-state index in [1.807, 2.05) is 19.1 Å². The van der Waals surface area contributed by atoms with Crippen LogP contribution in [0.1, 0.15) is 48.2 Å². The van der Waals surface area contributed by atoms with E-state index in [0.717, 1.165) is 5.56 Å². The summed E-state index contributed by atoms with van der Waals surface area (Å²) in [7, 11) is 0. The van der Waals surface area contributed by atoms with Crippen molar-refractivity contribution in [1.29, 1.82) is 0 Å². The number of hydrogen-bond donors (Lipinski definition) is 1. The molecule has 0 aliphatic rings. The third kappa shape index (κ3) is 5.34. The molecule has 0 heterocycles. The van der Waals surface area contributed by atoms with E-state index >= 15 is 0 Å². The summed E-state index contributed by atoms with van der Waals surface area (Å²) in [6.45, 7) is 8.17.